The van der Waals surface area contributed by atoms with Gasteiger partial charge in [0, 0.05) is 25.2 Å². The van der Waals surface area contributed by atoms with Gasteiger partial charge in [-0.25, -0.2) is 0 Å². The van der Waals surface area contributed by atoms with Gasteiger partial charge in [0.1, 0.15) is 0 Å². The summed E-state index contributed by atoms with van der Waals surface area (Å²) in [7, 11) is 0. The van der Waals surface area contributed by atoms with Crippen molar-refractivity contribution in [1.82, 2.24) is 15.5 Å². The number of piperidine rings is 2. The Hall–Kier alpha value is -1.59. The molecule has 2 saturated heterocycles. The van der Waals surface area contributed by atoms with Gasteiger partial charge in [0.25, 0.3) is 5.91 Å². The average Bonchev–Trinajstić information content (AvgIpc) is 2.67. The quantitative estimate of drug-likeness (QED) is 0.844. The smallest absolute Gasteiger partial charge is 0.253 e. The Morgan fingerprint density at radius 3 is 2.62 bits per heavy atom. The van der Waals surface area contributed by atoms with Crippen LogP contribution < -0.4 is 10.6 Å². The molecule has 0 saturated carbocycles. The van der Waals surface area contributed by atoms with Gasteiger partial charge >= 0.3 is 0 Å². The highest BCUT2D eigenvalue weighted by molar-refractivity contribution is 5.94. The number of hydrogen-bond acceptors (Lipinski definition) is 3. The number of nitrogens with zero attached hydrogens (tertiary/aromatic N) is 1. The Balaban J connectivity index is 0.00000243. The third-order valence-corrected chi connectivity index (χ3v) is 5.60. The van der Waals surface area contributed by atoms with E-state index in [9.17, 15) is 9.59 Å². The van der Waals surface area contributed by atoms with Crippen LogP contribution in [0, 0.1) is 11.3 Å². The summed E-state index contributed by atoms with van der Waals surface area (Å²) in [5.41, 5.74) is 0.889. The first kappa shape index (κ1) is 20.7. The highest BCUT2D eigenvalue weighted by Crippen LogP contribution is 2.27. The number of likely N-dealkylation sites (tertiary alicyclic amines) is 1. The number of nitrogens with one attached hydrogen (secondary N) is 2. The van der Waals surface area contributed by atoms with E-state index < -0.39 is 0 Å². The van der Waals surface area contributed by atoms with E-state index >= 15 is 0 Å². The molecule has 0 aliphatic carbocycles. The molecule has 2 amide bonds. The van der Waals surface area contributed by atoms with E-state index in [1.807, 2.05) is 35.2 Å². The molecular weight excluding hydrogens is 350 g/mol. The van der Waals surface area contributed by atoms with Gasteiger partial charge in [-0.05, 0) is 56.3 Å². The zero-order valence-corrected chi connectivity index (χ0v) is 16.3. The minimum absolute atomic E-state index is 0. The third-order valence-electron chi connectivity index (χ3n) is 5.60. The maximum atomic E-state index is 12.6. The number of carbonyl (C=O) groups is 2. The fourth-order valence-corrected chi connectivity index (χ4v) is 3.79. The number of benzene rings is 1. The number of carbonyl (C=O) groups excluding carboxylic acids is 2. The lowest BCUT2D eigenvalue weighted by Gasteiger charge is -2.36. The number of halogens is 1. The standard InChI is InChI=1S/C20H29N3O2.ClH/c1-20(9-11-21-12-10-20)15-22-18(24)17-8-5-13-23(14-17)19(25)16-6-3-2-4-7-16;/h2-4,6-7,17,21H,5,8-15H2,1H3,(H,22,24);1H. The largest absolute Gasteiger partial charge is 0.355 e. The van der Waals surface area contributed by atoms with Crippen LogP contribution in [0.5, 0.6) is 0 Å². The van der Waals surface area contributed by atoms with Crippen molar-refractivity contribution in [2.45, 2.75) is 32.6 Å². The number of hydrogen-bond donors (Lipinski definition) is 2. The van der Waals surface area contributed by atoms with Gasteiger partial charge in [0.15, 0.2) is 0 Å². The van der Waals surface area contributed by atoms with Crippen LogP contribution in [0.4, 0.5) is 0 Å². The van der Waals surface area contributed by atoms with E-state index in [0.29, 0.717) is 12.1 Å². The molecule has 1 atom stereocenters. The lowest BCUT2D eigenvalue weighted by atomic mass is 9.81. The normalized spacial score (nSPS) is 22.2. The molecule has 2 heterocycles. The van der Waals surface area contributed by atoms with Crippen molar-refractivity contribution >= 4 is 24.2 Å². The minimum atomic E-state index is -0.0910. The predicted octanol–water partition coefficient (Wildman–Crippen LogP) is 2.47. The topological polar surface area (TPSA) is 61.4 Å². The summed E-state index contributed by atoms with van der Waals surface area (Å²) in [5.74, 6) is 0.0421. The highest BCUT2D eigenvalue weighted by Gasteiger charge is 2.31. The molecule has 5 nitrogen and oxygen atoms in total. The van der Waals surface area contributed by atoms with Crippen molar-refractivity contribution in [2.75, 3.05) is 32.7 Å². The molecule has 1 aromatic rings. The lowest BCUT2D eigenvalue weighted by molar-refractivity contribution is -0.126. The predicted molar refractivity (Wildman–Crippen MR) is 106 cm³/mol. The Labute approximate surface area is 162 Å². The van der Waals surface area contributed by atoms with Gasteiger partial charge in [-0.2, -0.15) is 0 Å². The summed E-state index contributed by atoms with van der Waals surface area (Å²) < 4.78 is 0. The average molecular weight is 380 g/mol. The molecule has 6 heteroatoms. The molecule has 144 valence electrons. The second-order valence-electron chi connectivity index (χ2n) is 7.73. The molecule has 0 spiro atoms. The summed E-state index contributed by atoms with van der Waals surface area (Å²) in [6, 6.07) is 9.33. The molecule has 2 aliphatic rings. The minimum Gasteiger partial charge on any atom is -0.355 e. The molecule has 0 radical (unpaired) electrons. The van der Waals surface area contributed by atoms with Crippen molar-refractivity contribution in [2.24, 2.45) is 11.3 Å². The van der Waals surface area contributed by atoms with Crippen molar-refractivity contribution in [1.29, 1.82) is 0 Å². The van der Waals surface area contributed by atoms with Gasteiger partial charge in [0.05, 0.1) is 5.92 Å². The van der Waals surface area contributed by atoms with Crippen molar-refractivity contribution in [3.05, 3.63) is 35.9 Å². The first-order chi connectivity index (χ1) is 12.1. The molecule has 2 fully saturated rings. The number of amides is 2. The summed E-state index contributed by atoms with van der Waals surface area (Å²) in [6.45, 7) is 6.29. The first-order valence-corrected chi connectivity index (χ1v) is 9.40. The highest BCUT2D eigenvalue weighted by atomic mass is 35.5. The first-order valence-electron chi connectivity index (χ1n) is 9.40. The Morgan fingerprint density at radius 2 is 1.92 bits per heavy atom. The van der Waals surface area contributed by atoms with Crippen LogP contribution in [0.15, 0.2) is 30.3 Å². The van der Waals surface area contributed by atoms with Crippen molar-refractivity contribution in [3.8, 4) is 0 Å². The van der Waals surface area contributed by atoms with E-state index in [4.69, 9.17) is 0 Å². The molecule has 2 aliphatic heterocycles. The molecular formula is C20H30ClN3O2. The maximum Gasteiger partial charge on any atom is 0.253 e. The van der Waals surface area contributed by atoms with E-state index in [1.54, 1.807) is 0 Å². The molecule has 0 bridgehead atoms. The van der Waals surface area contributed by atoms with Crippen molar-refractivity contribution < 1.29 is 9.59 Å². The molecule has 1 aromatic carbocycles. The summed E-state index contributed by atoms with van der Waals surface area (Å²) in [5, 5.41) is 6.53. The van der Waals surface area contributed by atoms with Gasteiger partial charge in [-0.15, -0.1) is 12.4 Å². The zero-order valence-electron chi connectivity index (χ0n) is 15.5. The fourth-order valence-electron chi connectivity index (χ4n) is 3.79. The van der Waals surface area contributed by atoms with E-state index in [0.717, 1.165) is 51.9 Å². The SMILES string of the molecule is CC1(CNC(=O)C2CCCN(C(=O)c3ccccc3)C2)CCNCC1.Cl. The van der Waals surface area contributed by atoms with Gasteiger partial charge in [-0.1, -0.05) is 25.1 Å². The van der Waals surface area contributed by atoms with Gasteiger partial charge < -0.3 is 15.5 Å². The van der Waals surface area contributed by atoms with E-state index in [2.05, 4.69) is 17.6 Å². The Kier molecular flexibility index (Phi) is 7.47. The Bertz CT molecular complexity index is 602. The maximum absolute atomic E-state index is 12.6. The van der Waals surface area contributed by atoms with Crippen LogP contribution in [-0.4, -0.2) is 49.4 Å². The Morgan fingerprint density at radius 1 is 1.23 bits per heavy atom. The molecule has 3 rings (SSSR count). The van der Waals surface area contributed by atoms with Gasteiger partial charge in [-0.3, -0.25) is 9.59 Å². The van der Waals surface area contributed by atoms with E-state index in [-0.39, 0.29) is 35.6 Å². The number of rotatable bonds is 4. The second-order valence-corrected chi connectivity index (χ2v) is 7.73. The van der Waals surface area contributed by atoms with Crippen LogP contribution >= 0.6 is 12.4 Å². The van der Waals surface area contributed by atoms with Gasteiger partial charge in [0.2, 0.25) is 5.91 Å². The van der Waals surface area contributed by atoms with Crippen LogP contribution in [-0.2, 0) is 4.79 Å². The van der Waals surface area contributed by atoms with E-state index in [1.165, 1.54) is 0 Å². The van der Waals surface area contributed by atoms with Crippen LogP contribution in [0.2, 0.25) is 0 Å². The monoisotopic (exact) mass is 379 g/mol. The second kappa shape index (κ2) is 9.38. The molecule has 0 aromatic heterocycles. The molecule has 26 heavy (non-hydrogen) atoms. The van der Waals surface area contributed by atoms with Crippen LogP contribution in [0.1, 0.15) is 43.0 Å². The van der Waals surface area contributed by atoms with Crippen LogP contribution in [0.25, 0.3) is 0 Å². The molecule has 1 unspecified atom stereocenters. The zero-order chi connectivity index (χ0) is 17.7. The lowest BCUT2D eigenvalue weighted by Crippen LogP contribution is -2.48. The fraction of sp³-hybridized carbons (Fsp3) is 0.600. The molecule has 2 N–H and O–H groups in total. The summed E-state index contributed by atoms with van der Waals surface area (Å²) in [6.07, 6.45) is 3.94. The van der Waals surface area contributed by atoms with Crippen LogP contribution in [0.3, 0.4) is 0 Å². The summed E-state index contributed by atoms with van der Waals surface area (Å²) in [4.78, 5) is 27.1. The third kappa shape index (κ3) is 5.21. The summed E-state index contributed by atoms with van der Waals surface area (Å²) >= 11 is 0. The van der Waals surface area contributed by atoms with Crippen molar-refractivity contribution in [3.63, 3.8) is 0 Å².